The van der Waals surface area contributed by atoms with E-state index in [-0.39, 0.29) is 22.6 Å². The van der Waals surface area contributed by atoms with Gasteiger partial charge in [0.1, 0.15) is 10.6 Å². The maximum atomic E-state index is 13.9. The average Bonchev–Trinajstić information content (AvgIpc) is 3.29. The number of hydrogen-bond donors (Lipinski definition) is 1. The van der Waals surface area contributed by atoms with E-state index in [9.17, 15) is 9.59 Å². The van der Waals surface area contributed by atoms with Gasteiger partial charge in [0.25, 0.3) is 5.56 Å². The van der Waals surface area contributed by atoms with Crippen molar-refractivity contribution in [2.75, 3.05) is 18.2 Å². The van der Waals surface area contributed by atoms with E-state index in [0.717, 1.165) is 40.6 Å². The Hall–Kier alpha value is -3.10. The van der Waals surface area contributed by atoms with Crippen molar-refractivity contribution in [3.8, 4) is 5.75 Å². The maximum absolute atomic E-state index is 13.9. The number of nitrogens with one attached hydrogen (secondary N) is 1. The molecular weight excluding hydrogens is 539 g/mol. The Morgan fingerprint density at radius 3 is 2.70 bits per heavy atom. The molecule has 2 heterocycles. The fraction of sp³-hybridized carbons (Fsp3) is 0.406. The molecule has 0 fully saturated rings. The zero-order valence-corrected chi connectivity index (χ0v) is 25.5. The van der Waals surface area contributed by atoms with Gasteiger partial charge in [0, 0.05) is 11.4 Å². The van der Waals surface area contributed by atoms with Crippen LogP contribution in [0, 0.1) is 5.92 Å². The Balaban J connectivity index is 1.43. The third-order valence-electron chi connectivity index (χ3n) is 7.52. The number of methoxy groups -OCH3 is 1. The second-order valence-corrected chi connectivity index (χ2v) is 13.6. The van der Waals surface area contributed by atoms with Crippen LogP contribution < -0.4 is 15.6 Å². The Kier molecular flexibility index (Phi) is 8.38. The summed E-state index contributed by atoms with van der Waals surface area (Å²) in [6.45, 7) is 9.19. The van der Waals surface area contributed by atoms with Crippen molar-refractivity contribution in [1.29, 1.82) is 0 Å². The van der Waals surface area contributed by atoms with Gasteiger partial charge in [-0.15, -0.1) is 11.3 Å². The minimum absolute atomic E-state index is 0.00967. The quantitative estimate of drug-likeness (QED) is 0.184. The number of amides is 1. The highest BCUT2D eigenvalue weighted by atomic mass is 32.2. The largest absolute Gasteiger partial charge is 0.495 e. The van der Waals surface area contributed by atoms with Gasteiger partial charge in [0.05, 0.1) is 23.9 Å². The number of carbonyl (C=O) groups is 1. The summed E-state index contributed by atoms with van der Waals surface area (Å²) in [5.41, 5.74) is 4.04. The van der Waals surface area contributed by atoms with Crippen molar-refractivity contribution in [1.82, 2.24) is 9.55 Å². The highest BCUT2D eigenvalue weighted by Gasteiger charge is 2.25. The SMILES string of the molecule is COc1ccc(C(C)(C)C)cc1NC(=O)CSc1nc2sc3c(c2c(=O)n1CCc1ccccc1)CC[C@@H](C)C3. The third-order valence-corrected chi connectivity index (χ3v) is 9.64. The van der Waals surface area contributed by atoms with Crippen LogP contribution in [0.1, 0.15) is 55.7 Å². The first-order chi connectivity index (χ1) is 19.1. The number of rotatable bonds is 8. The molecule has 0 unspecified atom stereocenters. The maximum Gasteiger partial charge on any atom is 0.263 e. The van der Waals surface area contributed by atoms with E-state index in [1.165, 1.54) is 22.2 Å². The minimum atomic E-state index is -0.169. The second kappa shape index (κ2) is 11.8. The van der Waals surface area contributed by atoms with Gasteiger partial charge >= 0.3 is 0 Å². The van der Waals surface area contributed by atoms with Crippen molar-refractivity contribution in [3.63, 3.8) is 0 Å². The van der Waals surface area contributed by atoms with Crippen molar-refractivity contribution in [2.45, 2.75) is 70.5 Å². The lowest BCUT2D eigenvalue weighted by atomic mass is 9.87. The molecule has 0 spiro atoms. The number of fused-ring (bicyclic) bond motifs is 3. The number of nitrogens with zero attached hydrogens (tertiary/aromatic N) is 2. The molecule has 0 radical (unpaired) electrons. The molecule has 40 heavy (non-hydrogen) atoms. The first-order valence-corrected chi connectivity index (χ1v) is 15.6. The zero-order chi connectivity index (χ0) is 28.4. The monoisotopic (exact) mass is 575 g/mol. The predicted molar refractivity (Wildman–Crippen MR) is 166 cm³/mol. The first-order valence-electron chi connectivity index (χ1n) is 13.8. The number of aromatic nitrogens is 2. The van der Waals surface area contributed by atoms with Gasteiger partial charge < -0.3 is 10.1 Å². The Labute approximate surface area is 244 Å². The molecule has 210 valence electrons. The van der Waals surface area contributed by atoms with Crippen molar-refractivity contribution in [2.24, 2.45) is 5.92 Å². The highest BCUT2D eigenvalue weighted by Crippen LogP contribution is 2.37. The molecule has 1 aliphatic rings. The summed E-state index contributed by atoms with van der Waals surface area (Å²) in [7, 11) is 1.60. The van der Waals surface area contributed by atoms with Crippen molar-refractivity contribution in [3.05, 3.63) is 80.5 Å². The van der Waals surface area contributed by atoms with Crippen LogP contribution in [0.25, 0.3) is 10.2 Å². The van der Waals surface area contributed by atoms with Crippen LogP contribution >= 0.6 is 23.1 Å². The summed E-state index contributed by atoms with van der Waals surface area (Å²) >= 11 is 2.96. The molecule has 6 nitrogen and oxygen atoms in total. The summed E-state index contributed by atoms with van der Waals surface area (Å²) in [6, 6.07) is 16.0. The molecule has 1 atom stereocenters. The summed E-state index contributed by atoms with van der Waals surface area (Å²) in [5.74, 6) is 1.20. The Morgan fingerprint density at radius 2 is 1.98 bits per heavy atom. The molecule has 0 saturated carbocycles. The number of ether oxygens (including phenoxy) is 1. The topological polar surface area (TPSA) is 73.2 Å². The van der Waals surface area contributed by atoms with E-state index in [1.54, 1.807) is 23.0 Å². The summed E-state index contributed by atoms with van der Waals surface area (Å²) in [5, 5.41) is 4.38. The molecule has 2 aromatic heterocycles. The Bertz CT molecular complexity index is 1590. The first kappa shape index (κ1) is 28.4. The fourth-order valence-electron chi connectivity index (χ4n) is 5.19. The normalized spacial score (nSPS) is 15.2. The van der Waals surface area contributed by atoms with Gasteiger partial charge in [0.2, 0.25) is 5.91 Å². The number of aryl methyl sites for hydroxylation is 2. The number of carbonyl (C=O) groups excluding carboxylic acids is 1. The zero-order valence-electron chi connectivity index (χ0n) is 23.9. The van der Waals surface area contributed by atoms with Crippen LogP contribution in [0.15, 0.2) is 58.5 Å². The van der Waals surface area contributed by atoms with E-state index in [1.807, 2.05) is 36.4 Å². The van der Waals surface area contributed by atoms with Crippen molar-refractivity contribution < 1.29 is 9.53 Å². The predicted octanol–water partition coefficient (Wildman–Crippen LogP) is 6.86. The molecule has 5 rings (SSSR count). The summed E-state index contributed by atoms with van der Waals surface area (Å²) in [4.78, 5) is 34.1. The van der Waals surface area contributed by atoms with Crippen LogP contribution in [0.5, 0.6) is 5.75 Å². The number of hydrogen-bond acceptors (Lipinski definition) is 6. The van der Waals surface area contributed by atoms with Crippen LogP contribution in [0.3, 0.4) is 0 Å². The van der Waals surface area contributed by atoms with E-state index in [4.69, 9.17) is 9.72 Å². The van der Waals surface area contributed by atoms with Crippen molar-refractivity contribution >= 4 is 44.9 Å². The number of thioether (sulfide) groups is 1. The van der Waals surface area contributed by atoms with E-state index in [2.05, 4.69) is 45.1 Å². The number of benzene rings is 2. The second-order valence-electron chi connectivity index (χ2n) is 11.6. The molecular formula is C32H37N3O3S2. The van der Waals surface area contributed by atoms with Gasteiger partial charge in [-0.25, -0.2) is 4.98 Å². The molecule has 1 N–H and O–H groups in total. The van der Waals surface area contributed by atoms with Gasteiger partial charge in [-0.1, -0.05) is 75.9 Å². The summed E-state index contributed by atoms with van der Waals surface area (Å²) in [6.07, 6.45) is 3.74. The van der Waals surface area contributed by atoms with Crippen LogP contribution in [-0.2, 0) is 36.0 Å². The molecule has 8 heteroatoms. The van der Waals surface area contributed by atoms with Crippen LogP contribution in [-0.4, -0.2) is 28.3 Å². The molecule has 1 amide bonds. The highest BCUT2D eigenvalue weighted by molar-refractivity contribution is 7.99. The van der Waals surface area contributed by atoms with E-state index < -0.39 is 0 Å². The standard InChI is InChI=1S/C32H37N3O3S2/c1-20-11-13-23-26(17-20)40-29-28(23)30(37)35(16-15-21-9-7-6-8-10-21)31(34-29)39-19-27(36)33-24-18-22(32(2,3)4)12-14-25(24)38-5/h6-10,12,14,18,20H,11,13,15-17,19H2,1-5H3,(H,33,36)/t20-/m1/s1. The smallest absolute Gasteiger partial charge is 0.263 e. The molecule has 2 aromatic carbocycles. The summed E-state index contributed by atoms with van der Waals surface area (Å²) < 4.78 is 7.28. The lowest BCUT2D eigenvalue weighted by Crippen LogP contribution is -2.26. The van der Waals surface area contributed by atoms with Gasteiger partial charge in [-0.2, -0.15) is 0 Å². The lowest BCUT2D eigenvalue weighted by molar-refractivity contribution is -0.113. The van der Waals surface area contributed by atoms with Gasteiger partial charge in [-0.05, 0) is 65.8 Å². The van der Waals surface area contributed by atoms with E-state index in [0.29, 0.717) is 35.5 Å². The Morgan fingerprint density at radius 1 is 1.20 bits per heavy atom. The number of thiophene rings is 1. The van der Waals surface area contributed by atoms with Gasteiger partial charge in [0.15, 0.2) is 5.16 Å². The minimum Gasteiger partial charge on any atom is -0.495 e. The molecule has 0 saturated heterocycles. The number of anilines is 1. The fourth-order valence-corrected chi connectivity index (χ4v) is 7.44. The average molecular weight is 576 g/mol. The molecule has 0 bridgehead atoms. The molecule has 4 aromatic rings. The van der Waals surface area contributed by atoms with Crippen LogP contribution in [0.4, 0.5) is 5.69 Å². The van der Waals surface area contributed by atoms with E-state index >= 15 is 0 Å². The lowest BCUT2D eigenvalue weighted by Gasteiger charge is -2.21. The molecule has 1 aliphatic carbocycles. The van der Waals surface area contributed by atoms with Gasteiger partial charge in [-0.3, -0.25) is 14.2 Å². The van der Waals surface area contributed by atoms with Crippen LogP contribution in [0.2, 0.25) is 0 Å². The third kappa shape index (κ3) is 6.13. The molecule has 0 aliphatic heterocycles.